The Kier molecular flexibility index (Phi) is 2.26. The third-order valence-corrected chi connectivity index (χ3v) is 3.86. The molecular weight excluding hydrogens is 186 g/mol. The highest BCUT2D eigenvalue weighted by atomic mass is 16.3. The van der Waals surface area contributed by atoms with Crippen LogP contribution in [-0.2, 0) is 6.54 Å². The van der Waals surface area contributed by atoms with E-state index in [4.69, 9.17) is 0 Å². The Bertz CT molecular complexity index is 338. The molecule has 2 bridgehead atoms. The van der Waals surface area contributed by atoms with Gasteiger partial charge in [0, 0.05) is 18.6 Å². The summed E-state index contributed by atoms with van der Waals surface area (Å²) in [5.41, 5.74) is 1.36. The molecule has 0 aliphatic carbocycles. The van der Waals surface area contributed by atoms with E-state index < -0.39 is 0 Å². The molecule has 1 aromatic rings. The maximum absolute atomic E-state index is 9.83. The van der Waals surface area contributed by atoms with Crippen molar-refractivity contribution in [2.24, 2.45) is 0 Å². The van der Waals surface area contributed by atoms with Gasteiger partial charge in [0.1, 0.15) is 0 Å². The largest absolute Gasteiger partial charge is 0.391 e. The third-order valence-electron chi connectivity index (χ3n) is 3.86. The molecular formula is C13H17NO. The van der Waals surface area contributed by atoms with Crippen LogP contribution in [0.15, 0.2) is 30.3 Å². The lowest BCUT2D eigenvalue weighted by Crippen LogP contribution is -2.31. The Morgan fingerprint density at radius 1 is 1.20 bits per heavy atom. The van der Waals surface area contributed by atoms with Crippen LogP contribution >= 0.6 is 0 Å². The van der Waals surface area contributed by atoms with E-state index in [2.05, 4.69) is 35.2 Å². The Balaban J connectivity index is 1.75. The quantitative estimate of drug-likeness (QED) is 0.792. The Morgan fingerprint density at radius 2 is 2.00 bits per heavy atom. The number of nitrogens with zero attached hydrogens (tertiary/aromatic N) is 1. The van der Waals surface area contributed by atoms with E-state index in [9.17, 15) is 5.11 Å². The number of fused-ring (bicyclic) bond motifs is 2. The van der Waals surface area contributed by atoms with Gasteiger partial charge >= 0.3 is 0 Å². The van der Waals surface area contributed by atoms with E-state index in [0.29, 0.717) is 12.1 Å². The van der Waals surface area contributed by atoms with Crippen LogP contribution in [0.4, 0.5) is 0 Å². The lowest BCUT2D eigenvalue weighted by atomic mass is 9.98. The lowest BCUT2D eigenvalue weighted by Gasteiger charge is -2.22. The smallest absolute Gasteiger partial charge is 0.0710 e. The van der Waals surface area contributed by atoms with Gasteiger partial charge in [-0.15, -0.1) is 0 Å². The molecule has 2 fully saturated rings. The van der Waals surface area contributed by atoms with Crippen LogP contribution in [0.1, 0.15) is 24.8 Å². The van der Waals surface area contributed by atoms with Crippen molar-refractivity contribution in [3.05, 3.63) is 35.9 Å². The molecule has 80 valence electrons. The topological polar surface area (TPSA) is 23.5 Å². The van der Waals surface area contributed by atoms with Crippen LogP contribution in [0, 0.1) is 0 Å². The number of hydrogen-bond acceptors (Lipinski definition) is 2. The zero-order valence-electron chi connectivity index (χ0n) is 8.84. The summed E-state index contributed by atoms with van der Waals surface area (Å²) in [4.78, 5) is 2.49. The van der Waals surface area contributed by atoms with Gasteiger partial charge in [0.25, 0.3) is 0 Å². The molecule has 0 saturated carbocycles. The summed E-state index contributed by atoms with van der Waals surface area (Å²) in [6.45, 7) is 1.01. The fourth-order valence-corrected chi connectivity index (χ4v) is 3.11. The predicted molar refractivity (Wildman–Crippen MR) is 59.4 cm³/mol. The Hall–Kier alpha value is -0.860. The second-order valence-electron chi connectivity index (χ2n) is 4.76. The minimum atomic E-state index is -0.0764. The molecule has 1 aromatic carbocycles. The predicted octanol–water partition coefficient (Wildman–Crippen LogP) is 1.78. The summed E-state index contributed by atoms with van der Waals surface area (Å²) in [5, 5.41) is 9.83. The van der Waals surface area contributed by atoms with Gasteiger partial charge in [-0.2, -0.15) is 0 Å². The number of rotatable bonds is 2. The molecule has 2 heteroatoms. The van der Waals surface area contributed by atoms with Crippen molar-refractivity contribution >= 4 is 0 Å². The summed E-state index contributed by atoms with van der Waals surface area (Å²) in [6, 6.07) is 11.6. The summed E-state index contributed by atoms with van der Waals surface area (Å²) < 4.78 is 0. The summed E-state index contributed by atoms with van der Waals surface area (Å²) in [6.07, 6.45) is 3.36. The number of hydrogen-bond donors (Lipinski definition) is 1. The monoisotopic (exact) mass is 203 g/mol. The normalized spacial score (nSPS) is 34.9. The average Bonchev–Trinajstić information content (AvgIpc) is 2.76. The Morgan fingerprint density at radius 3 is 2.60 bits per heavy atom. The first-order valence-electron chi connectivity index (χ1n) is 5.82. The molecule has 0 spiro atoms. The van der Waals surface area contributed by atoms with Crippen LogP contribution in [-0.4, -0.2) is 28.2 Å². The minimum Gasteiger partial charge on any atom is -0.391 e. The van der Waals surface area contributed by atoms with E-state index in [0.717, 1.165) is 13.0 Å². The zero-order valence-corrected chi connectivity index (χ0v) is 8.84. The van der Waals surface area contributed by atoms with Gasteiger partial charge in [0.15, 0.2) is 0 Å². The molecule has 1 N–H and O–H groups in total. The number of benzene rings is 1. The van der Waals surface area contributed by atoms with Crippen molar-refractivity contribution in [1.82, 2.24) is 4.90 Å². The number of aliphatic hydroxyl groups is 1. The molecule has 0 radical (unpaired) electrons. The van der Waals surface area contributed by atoms with Gasteiger partial charge < -0.3 is 5.11 Å². The molecule has 2 saturated heterocycles. The van der Waals surface area contributed by atoms with E-state index in [1.54, 1.807) is 0 Å². The highest BCUT2D eigenvalue weighted by Gasteiger charge is 2.44. The maximum Gasteiger partial charge on any atom is 0.0710 e. The van der Waals surface area contributed by atoms with Gasteiger partial charge in [0.05, 0.1) is 6.10 Å². The maximum atomic E-state index is 9.83. The van der Waals surface area contributed by atoms with Gasteiger partial charge in [-0.05, 0) is 24.8 Å². The van der Waals surface area contributed by atoms with Crippen LogP contribution in [0.2, 0.25) is 0 Å². The molecule has 2 aliphatic rings. The first-order chi connectivity index (χ1) is 7.34. The average molecular weight is 203 g/mol. The van der Waals surface area contributed by atoms with Crippen LogP contribution in [0.25, 0.3) is 0 Å². The van der Waals surface area contributed by atoms with E-state index in [-0.39, 0.29) is 6.10 Å². The van der Waals surface area contributed by atoms with Gasteiger partial charge in [-0.25, -0.2) is 0 Å². The van der Waals surface area contributed by atoms with Gasteiger partial charge in [0.2, 0.25) is 0 Å². The summed E-state index contributed by atoms with van der Waals surface area (Å²) >= 11 is 0. The van der Waals surface area contributed by atoms with E-state index in [1.807, 2.05) is 0 Å². The standard InChI is InChI=1S/C13H17NO/c15-13-8-11-6-7-12(13)14(11)9-10-4-2-1-3-5-10/h1-5,11-13,15H,6-9H2/t11-,12?,13?/m1/s1. The van der Waals surface area contributed by atoms with Crippen molar-refractivity contribution in [3.63, 3.8) is 0 Å². The molecule has 2 heterocycles. The molecule has 2 aliphatic heterocycles. The minimum absolute atomic E-state index is 0.0764. The van der Waals surface area contributed by atoms with Gasteiger partial charge in [-0.3, -0.25) is 4.90 Å². The molecule has 2 nitrogen and oxygen atoms in total. The molecule has 3 rings (SSSR count). The fraction of sp³-hybridized carbons (Fsp3) is 0.538. The highest BCUT2D eigenvalue weighted by molar-refractivity contribution is 5.16. The van der Waals surface area contributed by atoms with E-state index >= 15 is 0 Å². The van der Waals surface area contributed by atoms with Crippen LogP contribution in [0.5, 0.6) is 0 Å². The zero-order chi connectivity index (χ0) is 10.3. The molecule has 3 atom stereocenters. The second kappa shape index (κ2) is 3.62. The van der Waals surface area contributed by atoms with Crippen molar-refractivity contribution in [1.29, 1.82) is 0 Å². The van der Waals surface area contributed by atoms with Gasteiger partial charge in [-0.1, -0.05) is 30.3 Å². The lowest BCUT2D eigenvalue weighted by molar-refractivity contribution is 0.119. The third kappa shape index (κ3) is 1.58. The molecule has 0 aromatic heterocycles. The molecule has 0 amide bonds. The first-order valence-corrected chi connectivity index (χ1v) is 5.82. The Labute approximate surface area is 90.5 Å². The number of aliphatic hydroxyl groups excluding tert-OH is 1. The molecule has 2 unspecified atom stereocenters. The van der Waals surface area contributed by atoms with Crippen molar-refractivity contribution in [2.45, 2.75) is 44.0 Å². The second-order valence-corrected chi connectivity index (χ2v) is 4.76. The SMILES string of the molecule is OC1C[C@H]2CCC1N2Cc1ccccc1. The van der Waals surface area contributed by atoms with Crippen molar-refractivity contribution in [3.8, 4) is 0 Å². The van der Waals surface area contributed by atoms with Crippen molar-refractivity contribution in [2.75, 3.05) is 0 Å². The van der Waals surface area contributed by atoms with E-state index in [1.165, 1.54) is 18.4 Å². The fourth-order valence-electron chi connectivity index (χ4n) is 3.11. The summed E-state index contributed by atoms with van der Waals surface area (Å²) in [5.74, 6) is 0. The highest BCUT2D eigenvalue weighted by Crippen LogP contribution is 2.38. The van der Waals surface area contributed by atoms with Crippen molar-refractivity contribution < 1.29 is 5.11 Å². The van der Waals surface area contributed by atoms with Crippen LogP contribution < -0.4 is 0 Å². The van der Waals surface area contributed by atoms with Crippen LogP contribution in [0.3, 0.4) is 0 Å². The molecule has 15 heavy (non-hydrogen) atoms. The summed E-state index contributed by atoms with van der Waals surface area (Å²) in [7, 11) is 0. The first kappa shape index (κ1) is 9.37.